The molecule has 0 fully saturated rings. The third-order valence-electron chi connectivity index (χ3n) is 4.11. The summed E-state index contributed by atoms with van der Waals surface area (Å²) in [4.78, 5) is 26.7. The molecule has 2 N–H and O–H groups in total. The summed E-state index contributed by atoms with van der Waals surface area (Å²) in [5.41, 5.74) is 1.38. The predicted octanol–water partition coefficient (Wildman–Crippen LogP) is 3.83. The van der Waals surface area contributed by atoms with E-state index in [4.69, 9.17) is 9.47 Å². The molecule has 0 saturated heterocycles. The van der Waals surface area contributed by atoms with Crippen molar-refractivity contribution >= 4 is 23.3 Å². The number of methoxy groups -OCH3 is 2. The van der Waals surface area contributed by atoms with Crippen molar-refractivity contribution in [2.24, 2.45) is 0 Å². The number of urea groups is 1. The Morgan fingerprint density at radius 1 is 0.926 bits per heavy atom. The van der Waals surface area contributed by atoms with Crippen LogP contribution >= 0.6 is 0 Å². The van der Waals surface area contributed by atoms with Crippen LogP contribution < -0.4 is 20.1 Å². The molecular formula is C20H25N3O4. The molecular weight excluding hydrogens is 346 g/mol. The second-order valence-electron chi connectivity index (χ2n) is 5.67. The number of para-hydroxylation sites is 1. The highest BCUT2D eigenvalue weighted by Crippen LogP contribution is 2.30. The maximum atomic E-state index is 12.7. The van der Waals surface area contributed by atoms with Gasteiger partial charge in [-0.15, -0.1) is 0 Å². The minimum absolute atomic E-state index is 0.244. The number of carbonyl (C=O) groups excluding carboxylic acids is 2. The van der Waals surface area contributed by atoms with Crippen molar-refractivity contribution in [1.82, 2.24) is 4.90 Å². The van der Waals surface area contributed by atoms with Gasteiger partial charge in [-0.25, -0.2) is 4.79 Å². The zero-order valence-corrected chi connectivity index (χ0v) is 16.0. The van der Waals surface area contributed by atoms with Crippen LogP contribution in [0.3, 0.4) is 0 Å². The highest BCUT2D eigenvalue weighted by molar-refractivity contribution is 6.10. The average molecular weight is 371 g/mol. The number of rotatable bonds is 7. The quantitative estimate of drug-likeness (QED) is 0.775. The summed E-state index contributed by atoms with van der Waals surface area (Å²) in [6.45, 7) is 4.97. The Bertz CT molecular complexity index is 804. The van der Waals surface area contributed by atoms with Gasteiger partial charge in [0, 0.05) is 24.8 Å². The van der Waals surface area contributed by atoms with E-state index in [2.05, 4.69) is 10.6 Å². The van der Waals surface area contributed by atoms with E-state index in [1.165, 1.54) is 7.11 Å². The number of nitrogens with one attached hydrogen (secondary N) is 2. The van der Waals surface area contributed by atoms with E-state index < -0.39 is 0 Å². The molecule has 0 radical (unpaired) electrons. The van der Waals surface area contributed by atoms with Crippen molar-refractivity contribution < 1.29 is 19.1 Å². The maximum Gasteiger partial charge on any atom is 0.321 e. The second-order valence-corrected chi connectivity index (χ2v) is 5.67. The van der Waals surface area contributed by atoms with Crippen LogP contribution in [0.15, 0.2) is 42.5 Å². The van der Waals surface area contributed by atoms with Gasteiger partial charge in [0.2, 0.25) is 0 Å². The van der Waals surface area contributed by atoms with Crippen LogP contribution in [-0.2, 0) is 0 Å². The van der Waals surface area contributed by atoms with Gasteiger partial charge in [0.15, 0.2) is 11.5 Å². The van der Waals surface area contributed by atoms with Crippen LogP contribution in [0.25, 0.3) is 0 Å². The Morgan fingerprint density at radius 3 is 2.22 bits per heavy atom. The molecule has 7 nitrogen and oxygen atoms in total. The van der Waals surface area contributed by atoms with E-state index in [0.29, 0.717) is 41.5 Å². The fourth-order valence-electron chi connectivity index (χ4n) is 2.61. The smallest absolute Gasteiger partial charge is 0.321 e. The van der Waals surface area contributed by atoms with Gasteiger partial charge in [-0.1, -0.05) is 12.1 Å². The molecule has 0 aliphatic rings. The molecule has 2 aromatic rings. The first-order valence-corrected chi connectivity index (χ1v) is 8.72. The Hall–Kier alpha value is -3.22. The van der Waals surface area contributed by atoms with E-state index in [0.717, 1.165) is 0 Å². The van der Waals surface area contributed by atoms with Gasteiger partial charge < -0.3 is 25.0 Å². The summed E-state index contributed by atoms with van der Waals surface area (Å²) in [6, 6.07) is 11.7. The van der Waals surface area contributed by atoms with Gasteiger partial charge >= 0.3 is 6.03 Å². The molecule has 0 saturated carbocycles. The van der Waals surface area contributed by atoms with E-state index >= 15 is 0 Å². The Balaban J connectivity index is 2.21. The van der Waals surface area contributed by atoms with Crippen LogP contribution in [0.2, 0.25) is 0 Å². The Kier molecular flexibility index (Phi) is 7.05. The monoisotopic (exact) mass is 371 g/mol. The lowest BCUT2D eigenvalue weighted by molar-refractivity contribution is 0.102. The molecule has 3 amide bonds. The second kappa shape index (κ2) is 9.47. The average Bonchev–Trinajstić information content (AvgIpc) is 2.69. The molecule has 0 aliphatic carbocycles. The minimum atomic E-state index is -0.335. The summed E-state index contributed by atoms with van der Waals surface area (Å²) in [5.74, 6) is 0.749. The molecule has 2 aromatic carbocycles. The number of ether oxygens (including phenoxy) is 2. The van der Waals surface area contributed by atoms with Crippen molar-refractivity contribution in [2.75, 3.05) is 37.9 Å². The molecule has 0 aromatic heterocycles. The highest BCUT2D eigenvalue weighted by atomic mass is 16.5. The number of hydrogen-bond donors (Lipinski definition) is 2. The first-order valence-electron chi connectivity index (χ1n) is 8.72. The molecule has 0 bridgehead atoms. The zero-order valence-electron chi connectivity index (χ0n) is 16.0. The summed E-state index contributed by atoms with van der Waals surface area (Å²) in [5, 5.41) is 5.62. The van der Waals surface area contributed by atoms with Gasteiger partial charge in [-0.2, -0.15) is 0 Å². The standard InChI is InChI=1S/C20H25N3O4/c1-5-23(6-2)20(25)22-16-10-8-7-9-15(16)19(24)21-14-11-12-17(26-3)18(13-14)27-4/h7-13H,5-6H2,1-4H3,(H,21,24)(H,22,25). The number of amides is 3. The van der Waals surface area contributed by atoms with Crippen LogP contribution in [0.5, 0.6) is 11.5 Å². The van der Waals surface area contributed by atoms with E-state index in [1.807, 2.05) is 13.8 Å². The number of benzene rings is 2. The highest BCUT2D eigenvalue weighted by Gasteiger charge is 2.16. The van der Waals surface area contributed by atoms with Gasteiger partial charge in [0.1, 0.15) is 0 Å². The maximum absolute atomic E-state index is 12.7. The molecule has 2 rings (SSSR count). The van der Waals surface area contributed by atoms with Gasteiger partial charge in [-0.3, -0.25) is 4.79 Å². The number of carbonyl (C=O) groups is 2. The van der Waals surface area contributed by atoms with Crippen LogP contribution in [-0.4, -0.2) is 44.1 Å². The normalized spacial score (nSPS) is 10.1. The van der Waals surface area contributed by atoms with Gasteiger partial charge in [-0.05, 0) is 38.1 Å². The van der Waals surface area contributed by atoms with E-state index in [9.17, 15) is 9.59 Å². The summed E-state index contributed by atoms with van der Waals surface area (Å²) < 4.78 is 10.5. The third-order valence-corrected chi connectivity index (χ3v) is 4.11. The Labute approximate surface area is 159 Å². The lowest BCUT2D eigenvalue weighted by Crippen LogP contribution is -2.35. The molecule has 0 unspecified atom stereocenters. The number of nitrogens with zero attached hydrogens (tertiary/aromatic N) is 1. The van der Waals surface area contributed by atoms with Crippen LogP contribution in [0.4, 0.5) is 16.2 Å². The molecule has 7 heteroatoms. The molecule has 27 heavy (non-hydrogen) atoms. The molecule has 0 spiro atoms. The molecule has 0 heterocycles. The minimum Gasteiger partial charge on any atom is -0.493 e. The molecule has 144 valence electrons. The largest absolute Gasteiger partial charge is 0.493 e. The number of hydrogen-bond acceptors (Lipinski definition) is 4. The first kappa shape index (κ1) is 20.1. The van der Waals surface area contributed by atoms with Crippen LogP contribution in [0.1, 0.15) is 24.2 Å². The van der Waals surface area contributed by atoms with Crippen molar-refractivity contribution in [3.63, 3.8) is 0 Å². The van der Waals surface area contributed by atoms with Crippen molar-refractivity contribution in [2.45, 2.75) is 13.8 Å². The van der Waals surface area contributed by atoms with Crippen molar-refractivity contribution in [3.8, 4) is 11.5 Å². The topological polar surface area (TPSA) is 79.9 Å². The summed E-state index contributed by atoms with van der Waals surface area (Å²) >= 11 is 0. The van der Waals surface area contributed by atoms with Crippen LogP contribution in [0, 0.1) is 0 Å². The predicted molar refractivity (Wildman–Crippen MR) is 106 cm³/mol. The lowest BCUT2D eigenvalue weighted by Gasteiger charge is -2.20. The third kappa shape index (κ3) is 4.91. The zero-order chi connectivity index (χ0) is 19.8. The summed E-state index contributed by atoms with van der Waals surface area (Å²) in [7, 11) is 3.08. The van der Waals surface area contributed by atoms with Crippen molar-refractivity contribution in [1.29, 1.82) is 0 Å². The fraction of sp³-hybridized carbons (Fsp3) is 0.300. The lowest BCUT2D eigenvalue weighted by atomic mass is 10.1. The molecule has 0 atom stereocenters. The Morgan fingerprint density at radius 2 is 1.59 bits per heavy atom. The van der Waals surface area contributed by atoms with Gasteiger partial charge in [0.05, 0.1) is 25.5 Å². The van der Waals surface area contributed by atoms with Crippen molar-refractivity contribution in [3.05, 3.63) is 48.0 Å². The van der Waals surface area contributed by atoms with Gasteiger partial charge in [0.25, 0.3) is 5.91 Å². The number of anilines is 2. The SMILES string of the molecule is CCN(CC)C(=O)Nc1ccccc1C(=O)Nc1ccc(OC)c(OC)c1. The molecule has 0 aliphatic heterocycles. The summed E-state index contributed by atoms with van der Waals surface area (Å²) in [6.07, 6.45) is 0. The van der Waals surface area contributed by atoms with E-state index in [-0.39, 0.29) is 11.9 Å². The first-order chi connectivity index (χ1) is 13.0. The van der Waals surface area contributed by atoms with E-state index in [1.54, 1.807) is 54.5 Å². The fourth-order valence-corrected chi connectivity index (χ4v) is 2.61.